The van der Waals surface area contributed by atoms with E-state index in [-0.39, 0.29) is 12.3 Å². The lowest BCUT2D eigenvalue weighted by Gasteiger charge is -2.34. The van der Waals surface area contributed by atoms with E-state index < -0.39 is 17.8 Å². The zero-order chi connectivity index (χ0) is 16.8. The van der Waals surface area contributed by atoms with Gasteiger partial charge >= 0.3 is 6.09 Å². The van der Waals surface area contributed by atoms with Crippen LogP contribution >= 0.6 is 0 Å². The Morgan fingerprint density at radius 2 is 1.91 bits per heavy atom. The monoisotopic (exact) mass is 315 g/mol. The lowest BCUT2D eigenvalue weighted by molar-refractivity contribution is 0.0549. The quantitative estimate of drug-likeness (QED) is 0.783. The van der Waals surface area contributed by atoms with Crippen molar-refractivity contribution in [3.05, 3.63) is 35.9 Å². The largest absolute Gasteiger partial charge is 0.507 e. The first-order valence-electron chi connectivity index (χ1n) is 7.68. The topological polar surface area (TPSA) is 70.0 Å². The molecule has 1 atom stereocenters. The van der Waals surface area contributed by atoms with Gasteiger partial charge in [0, 0.05) is 17.9 Å². The van der Waals surface area contributed by atoms with Crippen LogP contribution in [0.4, 0.5) is 10.5 Å². The fourth-order valence-electron chi connectivity index (χ4n) is 2.96. The number of carbonyl (C=O) groups excluding carboxylic acids is 1. The molecule has 0 aliphatic carbocycles. The van der Waals surface area contributed by atoms with Crippen molar-refractivity contribution in [2.24, 2.45) is 0 Å². The number of ether oxygens (including phenoxy) is 1. The van der Waals surface area contributed by atoms with Crippen LogP contribution in [0.15, 0.2) is 30.3 Å². The van der Waals surface area contributed by atoms with E-state index in [0.717, 1.165) is 10.9 Å². The van der Waals surface area contributed by atoms with Crippen LogP contribution in [-0.4, -0.2) is 34.6 Å². The van der Waals surface area contributed by atoms with E-state index in [1.807, 2.05) is 24.3 Å². The molecule has 0 spiro atoms. The van der Waals surface area contributed by atoms with Gasteiger partial charge in [-0.05, 0) is 31.7 Å². The Balaban J connectivity index is 2.12. The van der Waals surface area contributed by atoms with Crippen molar-refractivity contribution >= 4 is 22.6 Å². The summed E-state index contributed by atoms with van der Waals surface area (Å²) in [6.07, 6.45) is -0.745. The predicted octanol–water partition coefficient (Wildman–Crippen LogP) is 3.20. The summed E-state index contributed by atoms with van der Waals surface area (Å²) >= 11 is 0. The average molecular weight is 315 g/mol. The third-order valence-electron chi connectivity index (χ3n) is 3.85. The van der Waals surface area contributed by atoms with Gasteiger partial charge in [0.1, 0.15) is 11.4 Å². The van der Waals surface area contributed by atoms with Gasteiger partial charge in [0.15, 0.2) is 0 Å². The molecule has 1 amide bonds. The molecule has 1 heterocycles. The van der Waals surface area contributed by atoms with Crippen LogP contribution in [0.5, 0.6) is 5.75 Å². The van der Waals surface area contributed by atoms with Crippen LogP contribution in [0, 0.1) is 0 Å². The Kier molecular flexibility index (Phi) is 3.68. The molecule has 122 valence electrons. The summed E-state index contributed by atoms with van der Waals surface area (Å²) in [7, 11) is 0. The highest BCUT2D eigenvalue weighted by molar-refractivity contribution is 6.00. The number of fused-ring (bicyclic) bond motifs is 3. The lowest BCUT2D eigenvalue weighted by Crippen LogP contribution is -2.45. The number of anilines is 1. The van der Waals surface area contributed by atoms with Gasteiger partial charge in [-0.2, -0.15) is 0 Å². The number of hydrogen-bond acceptors (Lipinski definition) is 4. The fourth-order valence-corrected chi connectivity index (χ4v) is 2.96. The highest BCUT2D eigenvalue weighted by atomic mass is 16.6. The minimum atomic E-state index is -0.664. The third kappa shape index (κ3) is 2.97. The summed E-state index contributed by atoms with van der Waals surface area (Å²) in [4.78, 5) is 13.9. The SMILES string of the molecule is CC(C)(C)OC(=O)N1C[C@H](O)Cc2c1cc(O)c1ccccc21. The van der Waals surface area contributed by atoms with E-state index in [0.29, 0.717) is 17.5 Å². The van der Waals surface area contributed by atoms with Crippen molar-refractivity contribution in [3.63, 3.8) is 0 Å². The maximum absolute atomic E-state index is 12.5. The van der Waals surface area contributed by atoms with E-state index >= 15 is 0 Å². The highest BCUT2D eigenvalue weighted by Crippen LogP contribution is 2.39. The Bertz CT molecular complexity index is 763. The summed E-state index contributed by atoms with van der Waals surface area (Å²) in [6, 6.07) is 9.01. The smallest absolute Gasteiger partial charge is 0.414 e. The van der Waals surface area contributed by atoms with Gasteiger partial charge in [0.25, 0.3) is 0 Å². The summed E-state index contributed by atoms with van der Waals surface area (Å²) in [6.45, 7) is 5.54. The molecule has 5 nitrogen and oxygen atoms in total. The first-order valence-corrected chi connectivity index (χ1v) is 7.68. The van der Waals surface area contributed by atoms with E-state index in [4.69, 9.17) is 4.74 Å². The first-order chi connectivity index (χ1) is 10.8. The normalized spacial score (nSPS) is 17.9. The second-order valence-corrected chi connectivity index (χ2v) is 6.89. The molecule has 1 aliphatic rings. The molecule has 1 aliphatic heterocycles. The lowest BCUT2D eigenvalue weighted by atomic mass is 9.93. The molecule has 0 unspecified atom stereocenters. The number of β-amino-alcohol motifs (C(OH)–C–C–N with tert-alkyl or cyclic N) is 1. The number of carbonyl (C=O) groups is 1. The van der Waals surface area contributed by atoms with Crippen LogP contribution in [0.25, 0.3) is 10.8 Å². The molecule has 0 fully saturated rings. The van der Waals surface area contributed by atoms with Crippen LogP contribution < -0.4 is 4.90 Å². The van der Waals surface area contributed by atoms with Gasteiger partial charge in [0.2, 0.25) is 0 Å². The first kappa shape index (κ1) is 15.6. The highest BCUT2D eigenvalue weighted by Gasteiger charge is 2.32. The van der Waals surface area contributed by atoms with Crippen molar-refractivity contribution in [2.75, 3.05) is 11.4 Å². The van der Waals surface area contributed by atoms with E-state index in [1.165, 1.54) is 4.90 Å². The summed E-state index contributed by atoms with van der Waals surface area (Å²) in [5.41, 5.74) is 0.821. The number of phenolic OH excluding ortho intramolecular Hbond substituents is 1. The Hall–Kier alpha value is -2.27. The van der Waals surface area contributed by atoms with E-state index in [1.54, 1.807) is 26.8 Å². The minimum Gasteiger partial charge on any atom is -0.507 e. The van der Waals surface area contributed by atoms with Gasteiger partial charge in [-0.1, -0.05) is 24.3 Å². The number of aliphatic hydroxyl groups excluding tert-OH is 1. The van der Waals surface area contributed by atoms with Crippen LogP contribution in [0.2, 0.25) is 0 Å². The number of phenols is 1. The number of nitrogens with zero attached hydrogens (tertiary/aromatic N) is 1. The van der Waals surface area contributed by atoms with Crippen molar-refractivity contribution in [1.82, 2.24) is 0 Å². The van der Waals surface area contributed by atoms with E-state index in [2.05, 4.69) is 0 Å². The second-order valence-electron chi connectivity index (χ2n) is 6.89. The molecular formula is C18H21NO4. The van der Waals surface area contributed by atoms with Crippen molar-refractivity contribution in [1.29, 1.82) is 0 Å². The number of rotatable bonds is 0. The van der Waals surface area contributed by atoms with Crippen molar-refractivity contribution < 1.29 is 19.7 Å². The maximum Gasteiger partial charge on any atom is 0.414 e. The molecule has 2 aromatic carbocycles. The zero-order valence-corrected chi connectivity index (χ0v) is 13.5. The van der Waals surface area contributed by atoms with Crippen molar-refractivity contribution in [3.8, 4) is 5.75 Å². The predicted molar refractivity (Wildman–Crippen MR) is 88.9 cm³/mol. The summed E-state index contributed by atoms with van der Waals surface area (Å²) < 4.78 is 5.43. The van der Waals surface area contributed by atoms with Gasteiger partial charge in [-0.25, -0.2) is 4.79 Å². The molecule has 0 radical (unpaired) electrons. The number of aliphatic hydroxyl groups is 1. The Labute approximate surface area is 135 Å². The summed E-state index contributed by atoms with van der Waals surface area (Å²) in [5.74, 6) is 0.115. The van der Waals surface area contributed by atoms with Gasteiger partial charge in [0.05, 0.1) is 18.3 Å². The molecule has 2 aromatic rings. The summed E-state index contributed by atoms with van der Waals surface area (Å²) in [5, 5.41) is 22.0. The molecule has 2 N–H and O–H groups in total. The minimum absolute atomic E-state index is 0.115. The molecule has 23 heavy (non-hydrogen) atoms. The van der Waals surface area contributed by atoms with Gasteiger partial charge in [-0.3, -0.25) is 4.90 Å². The zero-order valence-electron chi connectivity index (χ0n) is 13.5. The van der Waals surface area contributed by atoms with Crippen LogP contribution in [0.1, 0.15) is 26.3 Å². The average Bonchev–Trinajstić information content (AvgIpc) is 2.46. The third-order valence-corrected chi connectivity index (χ3v) is 3.85. The molecule has 0 bridgehead atoms. The maximum atomic E-state index is 12.5. The fraction of sp³-hybridized carbons (Fsp3) is 0.389. The molecule has 5 heteroatoms. The number of aromatic hydroxyl groups is 1. The standard InChI is InChI=1S/C18H21NO4/c1-18(2,3)23-17(22)19-10-11(20)8-14-12-6-4-5-7-13(12)16(21)9-15(14)19/h4-7,9,11,20-21H,8,10H2,1-3H3/t11-/m1/s1. The molecular weight excluding hydrogens is 294 g/mol. The van der Waals surface area contributed by atoms with E-state index in [9.17, 15) is 15.0 Å². The molecule has 3 rings (SSSR count). The number of amides is 1. The molecule has 0 saturated heterocycles. The van der Waals surface area contributed by atoms with Gasteiger partial charge in [-0.15, -0.1) is 0 Å². The van der Waals surface area contributed by atoms with Gasteiger partial charge < -0.3 is 14.9 Å². The number of benzene rings is 2. The Morgan fingerprint density at radius 1 is 1.26 bits per heavy atom. The number of hydrogen-bond donors (Lipinski definition) is 2. The Morgan fingerprint density at radius 3 is 2.57 bits per heavy atom. The van der Waals surface area contributed by atoms with Crippen LogP contribution in [0.3, 0.4) is 0 Å². The second kappa shape index (κ2) is 5.42. The molecule has 0 aromatic heterocycles. The van der Waals surface area contributed by atoms with Crippen LogP contribution in [-0.2, 0) is 11.2 Å². The molecule has 0 saturated carbocycles. The van der Waals surface area contributed by atoms with Crippen molar-refractivity contribution in [2.45, 2.75) is 38.9 Å².